The summed E-state index contributed by atoms with van der Waals surface area (Å²) in [5, 5.41) is 10.5. The minimum atomic E-state index is -0.666. The van der Waals surface area contributed by atoms with E-state index in [2.05, 4.69) is 9.73 Å². The first-order valence-electron chi connectivity index (χ1n) is 5.15. The zero-order valence-corrected chi connectivity index (χ0v) is 9.53. The number of esters is 1. The average Bonchev–Trinajstić information content (AvgIpc) is 2.87. The van der Waals surface area contributed by atoms with Crippen LogP contribution in [0.1, 0.15) is 5.56 Å². The second-order valence-corrected chi connectivity index (χ2v) is 3.59. The molecule has 0 bridgehead atoms. The molecule has 0 N–H and O–H groups in total. The van der Waals surface area contributed by atoms with Gasteiger partial charge in [-0.1, -0.05) is 0 Å². The van der Waals surface area contributed by atoms with Crippen LogP contribution in [-0.4, -0.2) is 36.5 Å². The van der Waals surface area contributed by atoms with Gasteiger partial charge in [0.05, 0.1) is 12.0 Å². The van der Waals surface area contributed by atoms with Gasteiger partial charge >= 0.3 is 5.97 Å². The molecular weight excluding hydrogens is 240 g/mol. The van der Waals surface area contributed by atoms with Crippen molar-refractivity contribution in [2.75, 3.05) is 13.7 Å². The molecule has 0 spiro atoms. The number of nitrogens with zero attached hydrogens (tertiary/aromatic N) is 2. The van der Waals surface area contributed by atoms with Crippen LogP contribution in [0.3, 0.4) is 0 Å². The lowest BCUT2D eigenvalue weighted by molar-refractivity contribution is -0.384. The predicted octanol–water partition coefficient (Wildman–Crippen LogP) is 0.913. The summed E-state index contributed by atoms with van der Waals surface area (Å²) in [4.78, 5) is 25.3. The van der Waals surface area contributed by atoms with Crippen LogP contribution in [0.25, 0.3) is 0 Å². The van der Waals surface area contributed by atoms with E-state index in [0.29, 0.717) is 11.5 Å². The van der Waals surface area contributed by atoms with Gasteiger partial charge in [0.2, 0.25) is 5.90 Å². The van der Waals surface area contributed by atoms with Crippen LogP contribution in [0, 0.1) is 10.1 Å². The standard InChI is InChI=1S/C11H10N2O5/c1-17-11(14)9-6-18-10(12-9)7-2-4-8(5-3-7)13(15)16/h2-5,9H,6H2,1H3/t9-/m0/s1. The molecule has 0 fully saturated rings. The lowest BCUT2D eigenvalue weighted by atomic mass is 10.2. The van der Waals surface area contributed by atoms with E-state index in [1.54, 1.807) is 0 Å². The number of aliphatic imine (C=N–C) groups is 1. The molecule has 1 atom stereocenters. The Morgan fingerprint density at radius 1 is 1.50 bits per heavy atom. The van der Waals surface area contributed by atoms with Crippen LogP contribution in [0.5, 0.6) is 0 Å². The minimum absolute atomic E-state index is 0.0122. The fraction of sp³-hybridized carbons (Fsp3) is 0.273. The highest BCUT2D eigenvalue weighted by Gasteiger charge is 2.27. The summed E-state index contributed by atoms with van der Waals surface area (Å²) in [7, 11) is 1.28. The second kappa shape index (κ2) is 4.82. The Balaban J connectivity index is 2.18. The van der Waals surface area contributed by atoms with Gasteiger partial charge in [-0.25, -0.2) is 9.79 Å². The molecule has 7 heteroatoms. The van der Waals surface area contributed by atoms with Crippen LogP contribution in [0.4, 0.5) is 5.69 Å². The smallest absolute Gasteiger partial charge is 0.334 e. The van der Waals surface area contributed by atoms with Crippen LogP contribution in [0.2, 0.25) is 0 Å². The first-order valence-corrected chi connectivity index (χ1v) is 5.15. The third-order valence-electron chi connectivity index (χ3n) is 2.45. The third-order valence-corrected chi connectivity index (χ3v) is 2.45. The number of carbonyl (C=O) groups excluding carboxylic acids is 1. The molecule has 2 rings (SSSR count). The molecular formula is C11H10N2O5. The number of hydrogen-bond donors (Lipinski definition) is 0. The SMILES string of the molecule is COC(=O)[C@@H]1COC(c2ccc([N+](=O)[O-])cc2)=N1. The summed E-state index contributed by atoms with van der Waals surface area (Å²) < 4.78 is 9.81. The van der Waals surface area contributed by atoms with Gasteiger partial charge in [0.1, 0.15) is 6.61 Å². The third kappa shape index (κ3) is 2.29. The Hall–Kier alpha value is -2.44. The van der Waals surface area contributed by atoms with Crippen molar-refractivity contribution in [2.45, 2.75) is 6.04 Å². The zero-order valence-electron chi connectivity index (χ0n) is 9.53. The van der Waals surface area contributed by atoms with Gasteiger partial charge in [0.15, 0.2) is 6.04 Å². The Bertz CT molecular complexity index is 509. The highest BCUT2D eigenvalue weighted by atomic mass is 16.6. The topological polar surface area (TPSA) is 91.0 Å². The molecule has 1 aliphatic rings. The normalized spacial score (nSPS) is 17.8. The fourth-order valence-corrected chi connectivity index (χ4v) is 1.51. The quantitative estimate of drug-likeness (QED) is 0.451. The van der Waals surface area contributed by atoms with Gasteiger partial charge in [-0.3, -0.25) is 10.1 Å². The molecule has 1 aliphatic heterocycles. The fourth-order valence-electron chi connectivity index (χ4n) is 1.51. The predicted molar refractivity (Wildman–Crippen MR) is 61.4 cm³/mol. The van der Waals surface area contributed by atoms with E-state index in [9.17, 15) is 14.9 Å². The number of nitro benzene ring substituents is 1. The van der Waals surface area contributed by atoms with Crippen LogP contribution < -0.4 is 0 Å². The number of nitro groups is 1. The Morgan fingerprint density at radius 2 is 2.17 bits per heavy atom. The van der Waals surface area contributed by atoms with Crippen molar-refractivity contribution < 1.29 is 19.2 Å². The van der Waals surface area contributed by atoms with Crippen molar-refractivity contribution in [2.24, 2.45) is 4.99 Å². The molecule has 0 amide bonds. The summed E-state index contributed by atoms with van der Waals surface area (Å²) in [6.45, 7) is 0.124. The molecule has 94 valence electrons. The number of benzene rings is 1. The number of hydrogen-bond acceptors (Lipinski definition) is 6. The van der Waals surface area contributed by atoms with Crippen LogP contribution in [-0.2, 0) is 14.3 Å². The van der Waals surface area contributed by atoms with E-state index >= 15 is 0 Å². The summed E-state index contributed by atoms with van der Waals surface area (Å²) in [6.07, 6.45) is 0. The lowest BCUT2D eigenvalue weighted by Crippen LogP contribution is -2.21. The maximum atomic E-state index is 11.2. The molecule has 0 saturated heterocycles. The van der Waals surface area contributed by atoms with E-state index in [0.717, 1.165) is 0 Å². The van der Waals surface area contributed by atoms with Gasteiger partial charge in [-0.15, -0.1) is 0 Å². The van der Waals surface area contributed by atoms with Crippen molar-refractivity contribution in [3.8, 4) is 0 Å². The van der Waals surface area contributed by atoms with Crippen molar-refractivity contribution in [3.63, 3.8) is 0 Å². The summed E-state index contributed by atoms with van der Waals surface area (Å²) in [6, 6.07) is 5.09. The largest absolute Gasteiger partial charge is 0.475 e. The highest BCUT2D eigenvalue weighted by molar-refractivity contribution is 5.97. The lowest BCUT2D eigenvalue weighted by Gasteiger charge is -2.00. The van der Waals surface area contributed by atoms with Crippen LogP contribution in [0.15, 0.2) is 29.3 Å². The number of methoxy groups -OCH3 is 1. The minimum Gasteiger partial charge on any atom is -0.475 e. The zero-order chi connectivity index (χ0) is 13.1. The van der Waals surface area contributed by atoms with E-state index < -0.39 is 16.9 Å². The maximum Gasteiger partial charge on any atom is 0.334 e. The highest BCUT2D eigenvalue weighted by Crippen LogP contribution is 2.16. The number of ether oxygens (including phenoxy) is 2. The first kappa shape index (κ1) is 12.0. The van der Waals surface area contributed by atoms with Gasteiger partial charge in [0, 0.05) is 17.7 Å². The molecule has 1 heterocycles. The Labute approximate surface area is 102 Å². The molecule has 0 unspecified atom stereocenters. The molecule has 18 heavy (non-hydrogen) atoms. The van der Waals surface area contributed by atoms with Crippen molar-refractivity contribution >= 4 is 17.6 Å². The van der Waals surface area contributed by atoms with Gasteiger partial charge < -0.3 is 9.47 Å². The average molecular weight is 250 g/mol. The van der Waals surface area contributed by atoms with E-state index in [1.807, 2.05) is 0 Å². The van der Waals surface area contributed by atoms with Crippen molar-refractivity contribution in [1.82, 2.24) is 0 Å². The molecule has 0 aromatic heterocycles. The van der Waals surface area contributed by atoms with Gasteiger partial charge in [-0.2, -0.15) is 0 Å². The molecule has 1 aromatic rings. The second-order valence-electron chi connectivity index (χ2n) is 3.59. The molecule has 1 aromatic carbocycles. The van der Waals surface area contributed by atoms with Crippen LogP contribution >= 0.6 is 0 Å². The van der Waals surface area contributed by atoms with Crippen molar-refractivity contribution in [1.29, 1.82) is 0 Å². The number of rotatable bonds is 3. The molecule has 0 aliphatic carbocycles. The van der Waals surface area contributed by atoms with E-state index in [-0.39, 0.29) is 12.3 Å². The Kier molecular flexibility index (Phi) is 3.22. The molecule has 0 saturated carbocycles. The number of non-ortho nitro benzene ring substituents is 1. The summed E-state index contributed by atoms with van der Waals surface area (Å²) in [5.74, 6) is -0.174. The van der Waals surface area contributed by atoms with E-state index in [4.69, 9.17) is 4.74 Å². The Morgan fingerprint density at radius 3 is 2.72 bits per heavy atom. The molecule has 0 radical (unpaired) electrons. The monoisotopic (exact) mass is 250 g/mol. The van der Waals surface area contributed by atoms with Crippen molar-refractivity contribution in [3.05, 3.63) is 39.9 Å². The van der Waals surface area contributed by atoms with E-state index in [1.165, 1.54) is 31.4 Å². The van der Waals surface area contributed by atoms with Gasteiger partial charge in [0.25, 0.3) is 5.69 Å². The maximum absolute atomic E-state index is 11.2. The molecule has 7 nitrogen and oxygen atoms in total. The number of carbonyl (C=O) groups is 1. The summed E-state index contributed by atoms with van der Waals surface area (Å²) in [5.41, 5.74) is 0.578. The summed E-state index contributed by atoms with van der Waals surface area (Å²) >= 11 is 0. The first-order chi connectivity index (χ1) is 8.61. The van der Waals surface area contributed by atoms with Gasteiger partial charge in [-0.05, 0) is 12.1 Å².